The van der Waals surface area contributed by atoms with Gasteiger partial charge >= 0.3 is 6.03 Å². The van der Waals surface area contributed by atoms with E-state index in [1.54, 1.807) is 14.2 Å². The molecule has 6 heteroatoms. The molecular weight excluding hydrogens is 426 g/mol. The van der Waals surface area contributed by atoms with Crippen LogP contribution in [0.5, 0.6) is 11.5 Å². The average molecular weight is 456 g/mol. The Kier molecular flexibility index (Phi) is 5.65. The van der Waals surface area contributed by atoms with E-state index in [0.717, 1.165) is 51.3 Å². The van der Waals surface area contributed by atoms with Gasteiger partial charge in [0.05, 0.1) is 20.3 Å². The van der Waals surface area contributed by atoms with E-state index in [4.69, 9.17) is 9.47 Å². The highest BCUT2D eigenvalue weighted by Gasteiger charge is 2.35. The van der Waals surface area contributed by atoms with Crippen LogP contribution in [-0.4, -0.2) is 36.7 Å². The highest BCUT2D eigenvalue weighted by atomic mass is 16.5. The summed E-state index contributed by atoms with van der Waals surface area (Å²) in [6.45, 7) is 4.67. The second-order valence-corrected chi connectivity index (χ2v) is 8.80. The number of nitrogens with zero attached hydrogens (tertiary/aromatic N) is 1. The summed E-state index contributed by atoms with van der Waals surface area (Å²) in [7, 11) is 3.34. The summed E-state index contributed by atoms with van der Waals surface area (Å²) in [6, 6.07) is 19.7. The molecule has 3 aromatic carbocycles. The largest absolute Gasteiger partial charge is 0.497 e. The van der Waals surface area contributed by atoms with E-state index in [2.05, 4.69) is 29.4 Å². The number of methoxy groups -OCH3 is 2. The maximum atomic E-state index is 13.6. The number of aryl methyl sites for hydroxylation is 2. The van der Waals surface area contributed by atoms with E-state index >= 15 is 0 Å². The molecule has 2 N–H and O–H groups in total. The van der Waals surface area contributed by atoms with Crippen molar-refractivity contribution in [1.82, 2.24) is 9.88 Å². The summed E-state index contributed by atoms with van der Waals surface area (Å²) >= 11 is 0. The van der Waals surface area contributed by atoms with Gasteiger partial charge in [-0.1, -0.05) is 29.8 Å². The lowest BCUT2D eigenvalue weighted by Gasteiger charge is -2.36. The summed E-state index contributed by atoms with van der Waals surface area (Å²) in [5, 5.41) is 4.28. The monoisotopic (exact) mass is 455 g/mol. The van der Waals surface area contributed by atoms with Gasteiger partial charge < -0.3 is 24.7 Å². The summed E-state index contributed by atoms with van der Waals surface area (Å²) < 4.78 is 10.8. The Balaban J connectivity index is 1.58. The number of rotatable bonds is 4. The number of anilines is 1. The predicted octanol–water partition coefficient (Wildman–Crippen LogP) is 5.98. The number of carbonyl (C=O) groups excluding carboxylic acids is 1. The molecule has 4 aromatic rings. The molecule has 34 heavy (non-hydrogen) atoms. The minimum absolute atomic E-state index is 0.116. The van der Waals surface area contributed by atoms with Crippen LogP contribution in [0.2, 0.25) is 0 Å². The molecule has 1 unspecified atom stereocenters. The number of aromatic nitrogens is 1. The van der Waals surface area contributed by atoms with E-state index in [0.29, 0.717) is 6.54 Å². The molecule has 5 rings (SSSR count). The fourth-order valence-electron chi connectivity index (χ4n) is 4.89. The molecular formula is C28H29N3O3. The highest BCUT2D eigenvalue weighted by molar-refractivity contribution is 5.92. The van der Waals surface area contributed by atoms with Crippen LogP contribution in [0.3, 0.4) is 0 Å². The minimum Gasteiger partial charge on any atom is -0.497 e. The lowest BCUT2D eigenvalue weighted by Crippen LogP contribution is -2.43. The number of ether oxygens (including phenoxy) is 2. The molecule has 0 aliphatic carbocycles. The lowest BCUT2D eigenvalue weighted by molar-refractivity contribution is 0.193. The van der Waals surface area contributed by atoms with E-state index in [9.17, 15) is 4.79 Å². The van der Waals surface area contributed by atoms with Gasteiger partial charge in [-0.3, -0.25) is 0 Å². The van der Waals surface area contributed by atoms with Crippen molar-refractivity contribution >= 4 is 22.6 Å². The Morgan fingerprint density at radius 2 is 1.71 bits per heavy atom. The first-order valence-corrected chi connectivity index (χ1v) is 11.5. The average Bonchev–Trinajstić information content (AvgIpc) is 3.23. The third-order valence-electron chi connectivity index (χ3n) is 6.65. The maximum absolute atomic E-state index is 13.6. The third-order valence-corrected chi connectivity index (χ3v) is 6.65. The number of carbonyl (C=O) groups is 1. The van der Waals surface area contributed by atoms with E-state index in [-0.39, 0.29) is 12.1 Å². The van der Waals surface area contributed by atoms with Crippen LogP contribution in [0.25, 0.3) is 10.9 Å². The fraction of sp³-hybridized carbons (Fsp3) is 0.250. The zero-order chi connectivity index (χ0) is 23.8. The number of hydrogen-bond acceptors (Lipinski definition) is 3. The normalized spacial score (nSPS) is 15.2. The van der Waals surface area contributed by atoms with Crippen LogP contribution in [0.15, 0.2) is 60.7 Å². The lowest BCUT2D eigenvalue weighted by atomic mass is 9.92. The molecule has 1 aliphatic heterocycles. The number of hydrogen-bond donors (Lipinski definition) is 2. The maximum Gasteiger partial charge on any atom is 0.322 e. The van der Waals surface area contributed by atoms with Gasteiger partial charge in [-0.2, -0.15) is 0 Å². The van der Waals surface area contributed by atoms with Gasteiger partial charge in [-0.05, 0) is 73.4 Å². The zero-order valence-corrected chi connectivity index (χ0v) is 19.9. The summed E-state index contributed by atoms with van der Waals surface area (Å²) in [4.78, 5) is 19.1. The van der Waals surface area contributed by atoms with Crippen molar-refractivity contribution < 1.29 is 14.3 Å². The molecule has 1 aromatic heterocycles. The van der Waals surface area contributed by atoms with Crippen molar-refractivity contribution in [3.8, 4) is 11.5 Å². The van der Waals surface area contributed by atoms with E-state index in [1.165, 1.54) is 11.1 Å². The summed E-state index contributed by atoms with van der Waals surface area (Å²) in [6.07, 6.45) is 0.759. The Morgan fingerprint density at radius 3 is 2.41 bits per heavy atom. The SMILES string of the molecule is COc1ccc(C2c3[nH]c4ccc(OC)cc4c3CCN2C(=O)Nc2ccc(C)cc2C)cc1. The summed E-state index contributed by atoms with van der Waals surface area (Å²) in [5.74, 6) is 1.61. The molecule has 2 amide bonds. The number of benzene rings is 3. The summed E-state index contributed by atoms with van der Waals surface area (Å²) in [5.41, 5.74) is 7.38. The van der Waals surface area contributed by atoms with Crippen molar-refractivity contribution in [2.75, 3.05) is 26.1 Å². The first kappa shape index (κ1) is 21.9. The van der Waals surface area contributed by atoms with Crippen molar-refractivity contribution in [3.05, 3.63) is 88.6 Å². The second-order valence-electron chi connectivity index (χ2n) is 8.80. The standard InChI is InChI=1S/C28H29N3O3/c1-17-5-11-24(18(2)15-17)30-28(32)31-14-13-22-23-16-21(34-4)10-12-25(23)29-26(22)27(31)19-6-8-20(33-3)9-7-19/h5-12,15-16,27,29H,13-14H2,1-4H3,(H,30,32). The molecule has 0 bridgehead atoms. The molecule has 1 aliphatic rings. The van der Waals surface area contributed by atoms with Crippen LogP contribution >= 0.6 is 0 Å². The van der Waals surface area contributed by atoms with Crippen LogP contribution in [-0.2, 0) is 6.42 Å². The highest BCUT2D eigenvalue weighted by Crippen LogP contribution is 2.40. The number of amides is 2. The van der Waals surface area contributed by atoms with Gasteiger partial charge in [0.25, 0.3) is 0 Å². The van der Waals surface area contributed by atoms with Gasteiger partial charge in [-0.25, -0.2) is 4.79 Å². The molecule has 1 atom stereocenters. The Morgan fingerprint density at radius 1 is 0.971 bits per heavy atom. The number of nitrogens with one attached hydrogen (secondary N) is 2. The van der Waals surface area contributed by atoms with Gasteiger partial charge in [0.2, 0.25) is 0 Å². The quantitative estimate of drug-likeness (QED) is 0.398. The Hall–Kier alpha value is -3.93. The Bertz CT molecular complexity index is 1360. The molecule has 0 saturated heterocycles. The van der Waals surface area contributed by atoms with Crippen LogP contribution < -0.4 is 14.8 Å². The van der Waals surface area contributed by atoms with Crippen molar-refractivity contribution in [3.63, 3.8) is 0 Å². The second kappa shape index (κ2) is 8.78. The minimum atomic E-state index is -0.251. The van der Waals surface area contributed by atoms with Crippen LogP contribution in [0.1, 0.15) is 34.0 Å². The number of urea groups is 1. The smallest absolute Gasteiger partial charge is 0.322 e. The van der Waals surface area contributed by atoms with Crippen molar-refractivity contribution in [2.45, 2.75) is 26.3 Å². The van der Waals surface area contributed by atoms with Crippen LogP contribution in [0, 0.1) is 13.8 Å². The topological polar surface area (TPSA) is 66.6 Å². The van der Waals surface area contributed by atoms with Crippen molar-refractivity contribution in [2.24, 2.45) is 0 Å². The molecule has 0 spiro atoms. The molecule has 0 radical (unpaired) electrons. The molecule has 6 nitrogen and oxygen atoms in total. The number of H-pyrrole nitrogens is 1. The predicted molar refractivity (Wildman–Crippen MR) is 135 cm³/mol. The molecule has 2 heterocycles. The van der Waals surface area contributed by atoms with Gasteiger partial charge in [-0.15, -0.1) is 0 Å². The zero-order valence-electron chi connectivity index (χ0n) is 19.9. The van der Waals surface area contributed by atoms with Crippen LogP contribution in [0.4, 0.5) is 10.5 Å². The third kappa shape index (κ3) is 3.85. The first-order valence-electron chi connectivity index (χ1n) is 11.5. The fourth-order valence-corrected chi connectivity index (χ4v) is 4.89. The molecule has 0 saturated carbocycles. The molecule has 174 valence electrons. The van der Waals surface area contributed by atoms with Crippen molar-refractivity contribution in [1.29, 1.82) is 0 Å². The molecule has 0 fully saturated rings. The first-order chi connectivity index (χ1) is 16.5. The van der Waals surface area contributed by atoms with E-state index in [1.807, 2.05) is 60.4 Å². The Labute approximate surface area is 199 Å². The number of fused-ring (bicyclic) bond motifs is 3. The van der Waals surface area contributed by atoms with Gasteiger partial charge in [0.15, 0.2) is 0 Å². The van der Waals surface area contributed by atoms with Gasteiger partial charge in [0, 0.05) is 28.8 Å². The van der Waals surface area contributed by atoms with E-state index < -0.39 is 0 Å². The number of aromatic amines is 1. The van der Waals surface area contributed by atoms with Gasteiger partial charge in [0.1, 0.15) is 11.5 Å².